The molecule has 3 rings (SSSR count). The van der Waals surface area contributed by atoms with Gasteiger partial charge in [-0.15, -0.1) is 0 Å². The lowest BCUT2D eigenvalue weighted by atomic mass is 10.1. The van der Waals surface area contributed by atoms with Crippen molar-refractivity contribution in [2.45, 2.75) is 13.5 Å². The summed E-state index contributed by atoms with van der Waals surface area (Å²) in [6.45, 7) is 2.25. The minimum Gasteiger partial charge on any atom is -0.395 e. The first-order chi connectivity index (χ1) is 16.9. The zero-order valence-corrected chi connectivity index (χ0v) is 19.2. The van der Waals surface area contributed by atoms with Crippen molar-refractivity contribution in [1.29, 1.82) is 0 Å². The van der Waals surface area contributed by atoms with Crippen LogP contribution in [0.5, 0.6) is 0 Å². The number of aliphatic hydroxyl groups excluding tert-OH is 1. The van der Waals surface area contributed by atoms with Crippen LogP contribution in [0.15, 0.2) is 66.7 Å². The van der Waals surface area contributed by atoms with E-state index in [9.17, 15) is 19.7 Å². The highest BCUT2D eigenvalue weighted by atomic mass is 16.6. The Balaban J connectivity index is 1.64. The highest BCUT2D eigenvalue weighted by Gasteiger charge is 2.15. The third-order valence-electron chi connectivity index (χ3n) is 5.10. The number of hydrogen-bond acceptors (Lipinski definition) is 7. The van der Waals surface area contributed by atoms with Gasteiger partial charge in [-0.3, -0.25) is 19.7 Å². The molecule has 10 nitrogen and oxygen atoms in total. The molecule has 3 aromatic carbocycles. The summed E-state index contributed by atoms with van der Waals surface area (Å²) in [6.07, 6.45) is 0. The van der Waals surface area contributed by atoms with Crippen molar-refractivity contribution in [1.82, 2.24) is 5.32 Å². The van der Waals surface area contributed by atoms with Crippen molar-refractivity contribution in [2.75, 3.05) is 35.6 Å². The maximum absolute atomic E-state index is 12.7. The molecule has 3 aromatic rings. The molecule has 0 radical (unpaired) electrons. The zero-order valence-electron chi connectivity index (χ0n) is 19.2. The Bertz CT molecular complexity index is 1200. The summed E-state index contributed by atoms with van der Waals surface area (Å²) >= 11 is 0. The van der Waals surface area contributed by atoms with Crippen molar-refractivity contribution in [2.24, 2.45) is 0 Å². The number of carbonyl (C=O) groups is 2. The van der Waals surface area contributed by atoms with Gasteiger partial charge in [-0.25, -0.2) is 0 Å². The number of nitro benzene ring substituents is 1. The van der Waals surface area contributed by atoms with E-state index in [0.29, 0.717) is 29.2 Å². The minimum absolute atomic E-state index is 0.125. The number of amides is 2. The lowest BCUT2D eigenvalue weighted by molar-refractivity contribution is -0.384. The van der Waals surface area contributed by atoms with Gasteiger partial charge in [0.05, 0.1) is 40.7 Å². The van der Waals surface area contributed by atoms with E-state index in [4.69, 9.17) is 5.11 Å². The molecule has 0 spiro atoms. The van der Waals surface area contributed by atoms with Crippen LogP contribution in [0.1, 0.15) is 21.5 Å². The van der Waals surface area contributed by atoms with Gasteiger partial charge in [0.25, 0.3) is 11.6 Å². The topological polar surface area (TPSA) is 146 Å². The first kappa shape index (κ1) is 25.2. The third kappa shape index (κ3) is 7.27. The Morgan fingerprint density at radius 3 is 2.40 bits per heavy atom. The predicted octanol–water partition coefficient (Wildman–Crippen LogP) is 3.29. The molecule has 0 heterocycles. The monoisotopic (exact) mass is 477 g/mol. The second kappa shape index (κ2) is 12.1. The predicted molar refractivity (Wildman–Crippen MR) is 135 cm³/mol. The van der Waals surface area contributed by atoms with Crippen LogP contribution in [0.4, 0.5) is 22.7 Å². The van der Waals surface area contributed by atoms with Gasteiger partial charge in [-0.1, -0.05) is 42.0 Å². The second-order valence-corrected chi connectivity index (χ2v) is 7.75. The number of nitro groups is 1. The summed E-state index contributed by atoms with van der Waals surface area (Å²) < 4.78 is 0. The normalized spacial score (nSPS) is 10.3. The first-order valence-electron chi connectivity index (χ1n) is 11.0. The molecule has 10 heteroatoms. The van der Waals surface area contributed by atoms with E-state index in [1.807, 2.05) is 31.2 Å². The molecule has 182 valence electrons. The first-order valence-corrected chi connectivity index (χ1v) is 11.0. The molecular formula is C25H27N5O5. The zero-order chi connectivity index (χ0) is 25.2. The Hall–Kier alpha value is -4.44. The van der Waals surface area contributed by atoms with Crippen LogP contribution in [0, 0.1) is 17.0 Å². The van der Waals surface area contributed by atoms with E-state index in [2.05, 4.69) is 21.3 Å². The van der Waals surface area contributed by atoms with Crippen molar-refractivity contribution in [3.8, 4) is 0 Å². The summed E-state index contributed by atoms with van der Waals surface area (Å²) in [6, 6.07) is 18.6. The van der Waals surface area contributed by atoms with Crippen LogP contribution in [0.2, 0.25) is 0 Å². The lowest BCUT2D eigenvalue weighted by Gasteiger charge is -2.14. The Morgan fingerprint density at radius 2 is 1.69 bits per heavy atom. The van der Waals surface area contributed by atoms with E-state index >= 15 is 0 Å². The third-order valence-corrected chi connectivity index (χ3v) is 5.10. The number of para-hydroxylation sites is 1. The summed E-state index contributed by atoms with van der Waals surface area (Å²) in [7, 11) is 0. The molecule has 0 aliphatic rings. The van der Waals surface area contributed by atoms with Crippen LogP contribution in [0.3, 0.4) is 0 Å². The number of anilines is 3. The van der Waals surface area contributed by atoms with Gasteiger partial charge in [-0.05, 0) is 30.7 Å². The van der Waals surface area contributed by atoms with Gasteiger partial charge in [0.1, 0.15) is 0 Å². The SMILES string of the molecule is Cc1ccc(CNC(=O)c2ccccc2NC(=O)CNc2cc([N+](=O)[O-])ccc2NCCO)cc1. The van der Waals surface area contributed by atoms with Crippen LogP contribution in [0.25, 0.3) is 0 Å². The number of hydrogen-bond donors (Lipinski definition) is 5. The Labute approximate surface area is 202 Å². The van der Waals surface area contributed by atoms with Gasteiger partial charge in [0.15, 0.2) is 0 Å². The number of rotatable bonds is 11. The minimum atomic E-state index is -0.535. The largest absolute Gasteiger partial charge is 0.395 e. The number of aryl methyl sites for hydroxylation is 1. The lowest BCUT2D eigenvalue weighted by Crippen LogP contribution is -2.27. The number of nitrogens with one attached hydrogen (secondary N) is 4. The molecule has 2 amide bonds. The molecule has 0 fully saturated rings. The molecular weight excluding hydrogens is 450 g/mol. The molecule has 0 aliphatic heterocycles. The van der Waals surface area contributed by atoms with Crippen LogP contribution < -0.4 is 21.3 Å². The standard InChI is InChI=1S/C25H27N5O5/c1-17-6-8-18(9-7-17)15-28-25(33)20-4-2-3-5-21(20)29-24(32)16-27-23-14-19(30(34)35)10-11-22(23)26-12-13-31/h2-11,14,26-27,31H,12-13,15-16H2,1H3,(H,28,33)(H,29,32). The van der Waals surface area contributed by atoms with E-state index in [1.165, 1.54) is 18.2 Å². The fraction of sp³-hybridized carbons (Fsp3) is 0.200. The molecule has 35 heavy (non-hydrogen) atoms. The maximum atomic E-state index is 12.7. The summed E-state index contributed by atoms with van der Waals surface area (Å²) in [5.41, 5.74) is 3.45. The van der Waals surface area contributed by atoms with E-state index in [0.717, 1.165) is 11.1 Å². The maximum Gasteiger partial charge on any atom is 0.271 e. The molecule has 0 aromatic heterocycles. The summed E-state index contributed by atoms with van der Waals surface area (Å²) in [4.78, 5) is 35.9. The van der Waals surface area contributed by atoms with Gasteiger partial charge >= 0.3 is 0 Å². The summed E-state index contributed by atoms with van der Waals surface area (Å²) in [5.74, 6) is -0.771. The number of non-ortho nitro benzene ring substituents is 1. The highest BCUT2D eigenvalue weighted by molar-refractivity contribution is 6.04. The smallest absolute Gasteiger partial charge is 0.271 e. The number of carbonyl (C=O) groups excluding carboxylic acids is 2. The number of benzene rings is 3. The fourth-order valence-corrected chi connectivity index (χ4v) is 3.28. The van der Waals surface area contributed by atoms with Crippen molar-refractivity contribution < 1.29 is 19.6 Å². The average Bonchev–Trinajstić information content (AvgIpc) is 2.86. The molecule has 0 unspecified atom stereocenters. The summed E-state index contributed by atoms with van der Waals surface area (Å²) in [5, 5.41) is 31.5. The molecule has 0 bridgehead atoms. The van der Waals surface area contributed by atoms with Crippen molar-refractivity contribution >= 4 is 34.6 Å². The molecule has 5 N–H and O–H groups in total. The average molecular weight is 478 g/mol. The van der Waals surface area contributed by atoms with Gasteiger partial charge in [0.2, 0.25) is 5.91 Å². The Kier molecular flexibility index (Phi) is 8.74. The van der Waals surface area contributed by atoms with E-state index in [-0.39, 0.29) is 31.3 Å². The quantitative estimate of drug-likeness (QED) is 0.210. The number of aliphatic hydroxyl groups is 1. The highest BCUT2D eigenvalue weighted by Crippen LogP contribution is 2.27. The van der Waals surface area contributed by atoms with E-state index < -0.39 is 10.8 Å². The van der Waals surface area contributed by atoms with Gasteiger partial charge in [-0.2, -0.15) is 0 Å². The van der Waals surface area contributed by atoms with Gasteiger partial charge < -0.3 is 26.4 Å². The van der Waals surface area contributed by atoms with E-state index in [1.54, 1.807) is 24.3 Å². The number of nitrogens with zero attached hydrogens (tertiary/aromatic N) is 1. The van der Waals surface area contributed by atoms with Crippen molar-refractivity contribution in [3.05, 3.63) is 93.5 Å². The molecule has 0 saturated carbocycles. The fourth-order valence-electron chi connectivity index (χ4n) is 3.28. The van der Waals surface area contributed by atoms with Gasteiger partial charge in [0, 0.05) is 25.2 Å². The van der Waals surface area contributed by atoms with Crippen LogP contribution >= 0.6 is 0 Å². The second-order valence-electron chi connectivity index (χ2n) is 7.75. The van der Waals surface area contributed by atoms with Crippen LogP contribution in [-0.2, 0) is 11.3 Å². The van der Waals surface area contributed by atoms with Crippen molar-refractivity contribution in [3.63, 3.8) is 0 Å². The molecule has 0 saturated heterocycles. The molecule has 0 aliphatic carbocycles. The van der Waals surface area contributed by atoms with Crippen LogP contribution in [-0.4, -0.2) is 41.5 Å². The Morgan fingerprint density at radius 1 is 0.943 bits per heavy atom. The molecule has 0 atom stereocenters.